The number of anilines is 1. The van der Waals surface area contributed by atoms with E-state index in [1.54, 1.807) is 0 Å². The molecule has 0 saturated heterocycles. The zero-order chi connectivity index (χ0) is 12.9. The lowest BCUT2D eigenvalue weighted by molar-refractivity contribution is 0.254. The van der Waals surface area contributed by atoms with Crippen molar-refractivity contribution in [1.29, 1.82) is 0 Å². The minimum Gasteiger partial charge on any atom is -0.396 e. The molecule has 0 saturated carbocycles. The van der Waals surface area contributed by atoms with Crippen LogP contribution in [0.5, 0.6) is 0 Å². The lowest BCUT2D eigenvalue weighted by Gasteiger charge is -2.14. The van der Waals surface area contributed by atoms with Crippen LogP contribution in [0.4, 0.5) is 5.82 Å². The minimum atomic E-state index is -3.62. The Morgan fingerprint density at radius 2 is 2.35 bits per heavy atom. The van der Waals surface area contributed by atoms with Crippen LogP contribution < -0.4 is 10.5 Å². The lowest BCUT2D eigenvalue weighted by Crippen LogP contribution is -2.30. The molecule has 0 aliphatic heterocycles. The minimum absolute atomic E-state index is 0.0210. The summed E-state index contributed by atoms with van der Waals surface area (Å²) < 4.78 is 26.1. The van der Waals surface area contributed by atoms with Gasteiger partial charge in [0.25, 0.3) is 0 Å². The van der Waals surface area contributed by atoms with Gasteiger partial charge in [-0.25, -0.2) is 13.1 Å². The smallest absolute Gasteiger partial charge is 0.245 e. The number of sulfonamides is 1. The van der Waals surface area contributed by atoms with E-state index in [0.29, 0.717) is 6.42 Å². The third-order valence-electron chi connectivity index (χ3n) is 2.60. The number of nitrogens with one attached hydrogen (secondary N) is 2. The Hall–Kier alpha value is -1.12. The number of hydrogen-bond donors (Lipinski definition) is 4. The predicted octanol–water partition coefficient (Wildman–Crippen LogP) is -0.321. The Morgan fingerprint density at radius 3 is 2.82 bits per heavy atom. The Balaban J connectivity index is 2.65. The summed E-state index contributed by atoms with van der Waals surface area (Å²) in [6, 6.07) is 0. The number of hydrogen-bond acceptors (Lipinski definition) is 5. The molecule has 1 aromatic heterocycles. The van der Waals surface area contributed by atoms with Gasteiger partial charge in [-0.3, -0.25) is 5.10 Å². The molecule has 8 heteroatoms. The molecule has 0 bridgehead atoms. The topological polar surface area (TPSA) is 121 Å². The average molecular weight is 262 g/mol. The lowest BCUT2D eigenvalue weighted by atomic mass is 10.0. The van der Waals surface area contributed by atoms with Crippen molar-refractivity contribution in [3.63, 3.8) is 0 Å². The fourth-order valence-electron chi connectivity index (χ4n) is 1.44. The first-order chi connectivity index (χ1) is 8.01. The van der Waals surface area contributed by atoms with Crippen LogP contribution in [0.15, 0.2) is 11.1 Å². The van der Waals surface area contributed by atoms with E-state index in [2.05, 4.69) is 14.9 Å². The van der Waals surface area contributed by atoms with Gasteiger partial charge in [-0.2, -0.15) is 5.10 Å². The summed E-state index contributed by atoms with van der Waals surface area (Å²) in [5.74, 6) is 0.135. The highest BCUT2D eigenvalue weighted by atomic mass is 32.2. The molecule has 0 radical (unpaired) electrons. The van der Waals surface area contributed by atoms with Crippen molar-refractivity contribution in [2.45, 2.75) is 24.7 Å². The molecule has 1 heterocycles. The van der Waals surface area contributed by atoms with Crippen molar-refractivity contribution in [3.8, 4) is 0 Å². The molecule has 1 aromatic rings. The van der Waals surface area contributed by atoms with Gasteiger partial charge in [-0.05, 0) is 12.3 Å². The molecule has 0 aliphatic rings. The fraction of sp³-hybridized carbons (Fsp3) is 0.667. The number of H-pyrrole nitrogens is 1. The highest BCUT2D eigenvalue weighted by Crippen LogP contribution is 2.14. The third kappa shape index (κ3) is 3.69. The quantitative estimate of drug-likeness (QED) is 0.536. The molecule has 1 atom stereocenters. The van der Waals surface area contributed by atoms with E-state index in [4.69, 9.17) is 10.8 Å². The second kappa shape index (κ2) is 5.99. The van der Waals surface area contributed by atoms with Crippen LogP contribution in [0.3, 0.4) is 0 Å². The van der Waals surface area contributed by atoms with Gasteiger partial charge < -0.3 is 10.8 Å². The Labute approximate surface area is 100 Å². The number of nitrogens with zero attached hydrogens (tertiary/aromatic N) is 1. The molecule has 5 N–H and O–H groups in total. The summed E-state index contributed by atoms with van der Waals surface area (Å²) in [5, 5.41) is 14.7. The van der Waals surface area contributed by atoms with E-state index in [0.717, 1.165) is 6.42 Å². The number of aromatic nitrogens is 2. The van der Waals surface area contributed by atoms with Crippen LogP contribution in [-0.2, 0) is 10.0 Å². The second-order valence-corrected chi connectivity index (χ2v) is 5.52. The Kier molecular flexibility index (Phi) is 4.91. The maximum atomic E-state index is 11.8. The normalized spacial score (nSPS) is 13.8. The van der Waals surface area contributed by atoms with Crippen molar-refractivity contribution >= 4 is 15.8 Å². The summed E-state index contributed by atoms with van der Waals surface area (Å²) in [5.41, 5.74) is 5.45. The maximum absolute atomic E-state index is 11.8. The van der Waals surface area contributed by atoms with E-state index in [-0.39, 0.29) is 29.8 Å². The van der Waals surface area contributed by atoms with E-state index < -0.39 is 10.0 Å². The van der Waals surface area contributed by atoms with Crippen LogP contribution >= 0.6 is 0 Å². The van der Waals surface area contributed by atoms with Crippen molar-refractivity contribution in [1.82, 2.24) is 14.9 Å². The number of aliphatic hydroxyl groups is 1. The molecule has 98 valence electrons. The van der Waals surface area contributed by atoms with Crippen LogP contribution in [0.25, 0.3) is 0 Å². The zero-order valence-electron chi connectivity index (χ0n) is 9.68. The van der Waals surface area contributed by atoms with Crippen LogP contribution in [0.2, 0.25) is 0 Å². The molecular formula is C9H18N4O3S. The maximum Gasteiger partial charge on any atom is 0.245 e. The van der Waals surface area contributed by atoms with E-state index >= 15 is 0 Å². The van der Waals surface area contributed by atoms with Crippen LogP contribution in [0, 0.1) is 5.92 Å². The summed E-state index contributed by atoms with van der Waals surface area (Å²) in [4.78, 5) is -0.0450. The van der Waals surface area contributed by atoms with Gasteiger partial charge in [0.2, 0.25) is 10.0 Å². The highest BCUT2D eigenvalue weighted by molar-refractivity contribution is 7.89. The molecule has 0 aromatic carbocycles. The molecular weight excluding hydrogens is 244 g/mol. The van der Waals surface area contributed by atoms with Crippen molar-refractivity contribution in [2.75, 3.05) is 18.9 Å². The molecule has 1 rings (SSSR count). The molecule has 0 spiro atoms. The average Bonchev–Trinajstić information content (AvgIpc) is 2.71. The Morgan fingerprint density at radius 1 is 1.65 bits per heavy atom. The first kappa shape index (κ1) is 13.9. The number of nitrogen functional groups attached to an aromatic ring is 1. The highest BCUT2D eigenvalue weighted by Gasteiger charge is 2.20. The summed E-state index contributed by atoms with van der Waals surface area (Å²) in [6.07, 6.45) is 2.54. The number of rotatable bonds is 7. The van der Waals surface area contributed by atoms with E-state index in [1.807, 2.05) is 6.92 Å². The monoisotopic (exact) mass is 262 g/mol. The third-order valence-corrected chi connectivity index (χ3v) is 4.05. The van der Waals surface area contributed by atoms with Crippen molar-refractivity contribution in [3.05, 3.63) is 6.20 Å². The van der Waals surface area contributed by atoms with Gasteiger partial charge in [0, 0.05) is 13.2 Å². The fourth-order valence-corrected chi connectivity index (χ4v) is 2.57. The first-order valence-corrected chi connectivity index (χ1v) is 6.89. The number of aliphatic hydroxyl groups excluding tert-OH is 1. The van der Waals surface area contributed by atoms with Gasteiger partial charge in [0.1, 0.15) is 10.7 Å². The van der Waals surface area contributed by atoms with Crippen LogP contribution in [-0.4, -0.2) is 36.9 Å². The predicted molar refractivity (Wildman–Crippen MR) is 63.7 cm³/mol. The number of nitrogens with two attached hydrogens (primary N) is 1. The van der Waals surface area contributed by atoms with Gasteiger partial charge in [0.05, 0.1) is 6.20 Å². The largest absolute Gasteiger partial charge is 0.396 e. The SMILES string of the molecule is CCC(CCO)CNS(=O)(=O)c1cn[nH]c1N. The molecule has 0 amide bonds. The van der Waals surface area contributed by atoms with Gasteiger partial charge in [-0.1, -0.05) is 13.3 Å². The van der Waals surface area contributed by atoms with Crippen LogP contribution in [0.1, 0.15) is 19.8 Å². The summed E-state index contributed by atoms with van der Waals surface area (Å²) in [6.45, 7) is 2.28. The summed E-state index contributed by atoms with van der Waals surface area (Å²) >= 11 is 0. The van der Waals surface area contributed by atoms with E-state index in [9.17, 15) is 8.42 Å². The second-order valence-electron chi connectivity index (χ2n) is 3.79. The van der Waals surface area contributed by atoms with Crippen molar-refractivity contribution in [2.24, 2.45) is 5.92 Å². The molecule has 7 nitrogen and oxygen atoms in total. The molecule has 1 unspecified atom stereocenters. The van der Waals surface area contributed by atoms with Gasteiger partial charge >= 0.3 is 0 Å². The van der Waals surface area contributed by atoms with Gasteiger partial charge in [-0.15, -0.1) is 0 Å². The van der Waals surface area contributed by atoms with Crippen molar-refractivity contribution < 1.29 is 13.5 Å². The summed E-state index contributed by atoms with van der Waals surface area (Å²) in [7, 11) is -3.62. The molecule has 17 heavy (non-hydrogen) atoms. The Bertz CT molecular complexity index is 443. The zero-order valence-corrected chi connectivity index (χ0v) is 10.5. The molecule has 0 aliphatic carbocycles. The van der Waals surface area contributed by atoms with E-state index in [1.165, 1.54) is 6.20 Å². The number of aromatic amines is 1. The first-order valence-electron chi connectivity index (χ1n) is 5.40. The standard InChI is InChI=1S/C9H18N4O3S/c1-2-7(3-4-14)5-12-17(15,16)8-6-11-13-9(8)10/h6-7,12,14H,2-5H2,1H3,(H3,10,11,13). The molecule has 0 fully saturated rings. The van der Waals surface area contributed by atoms with Gasteiger partial charge in [0.15, 0.2) is 0 Å².